The van der Waals surface area contributed by atoms with Crippen LogP contribution in [0.25, 0.3) is 0 Å². The van der Waals surface area contributed by atoms with Crippen molar-refractivity contribution in [3.8, 4) is 0 Å². The van der Waals surface area contributed by atoms with E-state index < -0.39 is 0 Å². The van der Waals surface area contributed by atoms with Crippen LogP contribution < -0.4 is 23.8 Å². The largest absolute Gasteiger partial charge is 1.00 e. The van der Waals surface area contributed by atoms with E-state index in [1.807, 2.05) is 26.2 Å². The summed E-state index contributed by atoms with van der Waals surface area (Å²) in [7, 11) is 4.05. The van der Waals surface area contributed by atoms with Crippen LogP contribution in [0, 0.1) is 13.0 Å². The average molecular weight is 141 g/mol. The van der Waals surface area contributed by atoms with Gasteiger partial charge in [0.2, 0.25) is 0 Å². The van der Waals surface area contributed by atoms with Gasteiger partial charge in [-0.15, -0.1) is 5.56 Å². The molecule has 0 saturated carbocycles. The van der Waals surface area contributed by atoms with Gasteiger partial charge in [0, 0.05) is 14.1 Å². The van der Waals surface area contributed by atoms with Crippen molar-refractivity contribution in [2.45, 2.75) is 6.92 Å². The van der Waals surface area contributed by atoms with E-state index in [4.69, 9.17) is 0 Å². The summed E-state index contributed by atoms with van der Waals surface area (Å²) in [6.45, 7) is 2.09. The molecule has 0 atom stereocenters. The van der Waals surface area contributed by atoms with Gasteiger partial charge in [0.1, 0.15) is 0 Å². The van der Waals surface area contributed by atoms with Gasteiger partial charge in [0.05, 0.1) is 0 Å². The maximum absolute atomic E-state index is 3.16. The predicted molar refractivity (Wildman–Crippen MR) is 44.3 cm³/mol. The maximum atomic E-state index is 3.16. The Labute approximate surface area is 80.6 Å². The Morgan fingerprint density at radius 2 is 2.00 bits per heavy atom. The zero-order chi connectivity index (χ0) is 7.56. The molecule has 0 aliphatic heterocycles. The third kappa shape index (κ3) is 2.61. The Morgan fingerprint density at radius 3 is 2.36 bits per heavy atom. The minimum absolute atomic E-state index is 0. The summed E-state index contributed by atoms with van der Waals surface area (Å²) in [5.74, 6) is 0. The van der Waals surface area contributed by atoms with Crippen molar-refractivity contribution in [2.24, 2.45) is 0 Å². The van der Waals surface area contributed by atoms with E-state index in [1.165, 1.54) is 11.3 Å². The maximum Gasteiger partial charge on any atom is 1.00 e. The molecular weight excluding hydrogens is 129 g/mol. The molecule has 0 unspecified atom stereocenters. The van der Waals surface area contributed by atoms with Crippen LogP contribution in [0.1, 0.15) is 5.56 Å². The van der Waals surface area contributed by atoms with Crippen LogP contribution in [0.2, 0.25) is 0 Å². The molecule has 0 spiro atoms. The van der Waals surface area contributed by atoms with Gasteiger partial charge >= 0.3 is 18.9 Å². The molecule has 1 aromatic carbocycles. The van der Waals surface area contributed by atoms with E-state index in [0.717, 1.165) is 0 Å². The van der Waals surface area contributed by atoms with Crippen LogP contribution in [0.4, 0.5) is 5.69 Å². The van der Waals surface area contributed by atoms with E-state index >= 15 is 0 Å². The number of para-hydroxylation sites is 1. The summed E-state index contributed by atoms with van der Waals surface area (Å²) in [4.78, 5) is 2.06. The molecule has 0 aliphatic rings. The van der Waals surface area contributed by atoms with Crippen molar-refractivity contribution < 1.29 is 18.9 Å². The number of hydrogen-bond donors (Lipinski definition) is 0. The molecule has 1 rings (SSSR count). The molecule has 0 fully saturated rings. The van der Waals surface area contributed by atoms with Gasteiger partial charge in [0.25, 0.3) is 0 Å². The van der Waals surface area contributed by atoms with Crippen LogP contribution in [0.5, 0.6) is 0 Å². The van der Waals surface area contributed by atoms with E-state index in [9.17, 15) is 0 Å². The zero-order valence-corrected chi connectivity index (χ0v) is 7.68. The van der Waals surface area contributed by atoms with Crippen LogP contribution in [-0.2, 0) is 0 Å². The molecule has 0 aliphatic carbocycles. The summed E-state index contributed by atoms with van der Waals surface area (Å²) >= 11 is 0. The Hall–Kier alpha value is -0.383. The topological polar surface area (TPSA) is 3.24 Å². The molecule has 0 bridgehead atoms. The molecule has 0 amide bonds. The minimum Gasteiger partial charge on any atom is -0.399 e. The van der Waals surface area contributed by atoms with Crippen LogP contribution >= 0.6 is 0 Å². The van der Waals surface area contributed by atoms with E-state index in [2.05, 4.69) is 24.0 Å². The van der Waals surface area contributed by atoms with Crippen molar-refractivity contribution in [3.63, 3.8) is 0 Å². The number of hydrogen-bond acceptors (Lipinski definition) is 1. The molecule has 1 aromatic rings. The van der Waals surface area contributed by atoms with Crippen molar-refractivity contribution in [1.29, 1.82) is 0 Å². The van der Waals surface area contributed by atoms with E-state index in [1.54, 1.807) is 0 Å². The van der Waals surface area contributed by atoms with Gasteiger partial charge in [-0.05, 0) is 0 Å². The first-order chi connectivity index (χ1) is 4.72. The van der Waals surface area contributed by atoms with Crippen LogP contribution in [0.15, 0.2) is 18.2 Å². The molecule has 2 heteroatoms. The minimum atomic E-state index is 0. The summed E-state index contributed by atoms with van der Waals surface area (Å²) in [6.07, 6.45) is 0. The number of rotatable bonds is 1. The summed E-state index contributed by atoms with van der Waals surface area (Å²) in [6, 6.07) is 9.19. The first-order valence-electron chi connectivity index (χ1n) is 3.36. The third-order valence-corrected chi connectivity index (χ3v) is 1.48. The van der Waals surface area contributed by atoms with Gasteiger partial charge in [-0.1, -0.05) is 12.6 Å². The SMILES string of the molecule is Cc1ccc[c-]c1N(C)C.[Li+]. The van der Waals surface area contributed by atoms with Gasteiger partial charge in [0.15, 0.2) is 0 Å². The predicted octanol–water partition coefficient (Wildman–Crippen LogP) is -1.13. The summed E-state index contributed by atoms with van der Waals surface area (Å²) in [5, 5.41) is 0. The molecule has 0 saturated heterocycles. The second-order valence-corrected chi connectivity index (χ2v) is 2.60. The smallest absolute Gasteiger partial charge is 0.399 e. The fraction of sp³-hybridized carbons (Fsp3) is 0.333. The normalized spacial score (nSPS) is 8.64. The Bertz CT molecular complexity index is 221. The van der Waals surface area contributed by atoms with Crippen LogP contribution in [-0.4, -0.2) is 14.1 Å². The molecular formula is C9H12LiN. The van der Waals surface area contributed by atoms with Gasteiger partial charge < -0.3 is 4.90 Å². The Kier molecular flexibility index (Phi) is 4.33. The molecule has 0 aromatic heterocycles. The Morgan fingerprint density at radius 1 is 1.36 bits per heavy atom. The zero-order valence-electron chi connectivity index (χ0n) is 7.68. The first-order valence-corrected chi connectivity index (χ1v) is 3.36. The number of aryl methyl sites for hydroxylation is 1. The molecule has 1 nitrogen and oxygen atoms in total. The first kappa shape index (κ1) is 10.6. The Balaban J connectivity index is 0.000001000. The van der Waals surface area contributed by atoms with Crippen LogP contribution in [0.3, 0.4) is 0 Å². The van der Waals surface area contributed by atoms with Crippen molar-refractivity contribution in [1.82, 2.24) is 0 Å². The average Bonchev–Trinajstić information content (AvgIpc) is 1.88. The monoisotopic (exact) mass is 141 g/mol. The molecule has 11 heavy (non-hydrogen) atoms. The van der Waals surface area contributed by atoms with Gasteiger partial charge in [-0.3, -0.25) is 0 Å². The standard InChI is InChI=1S/C9H12N.Li/c1-8-6-4-5-7-9(8)10(2)3;/h4-6H,1-3H3;/q-1;+1. The number of anilines is 1. The van der Waals surface area contributed by atoms with E-state index in [-0.39, 0.29) is 18.9 Å². The summed E-state index contributed by atoms with van der Waals surface area (Å²) in [5.41, 5.74) is 2.44. The molecule has 0 heterocycles. The summed E-state index contributed by atoms with van der Waals surface area (Å²) < 4.78 is 0. The van der Waals surface area contributed by atoms with Crippen molar-refractivity contribution in [2.75, 3.05) is 19.0 Å². The molecule has 54 valence electrons. The fourth-order valence-electron chi connectivity index (χ4n) is 0.994. The van der Waals surface area contributed by atoms with Crippen molar-refractivity contribution in [3.05, 3.63) is 29.8 Å². The van der Waals surface area contributed by atoms with Gasteiger partial charge in [-0.2, -0.15) is 24.3 Å². The molecule has 0 N–H and O–H groups in total. The second-order valence-electron chi connectivity index (χ2n) is 2.60. The van der Waals surface area contributed by atoms with Gasteiger partial charge in [-0.25, -0.2) is 0 Å². The fourth-order valence-corrected chi connectivity index (χ4v) is 0.994. The number of nitrogens with zero attached hydrogens (tertiary/aromatic N) is 1. The second kappa shape index (κ2) is 4.49. The van der Waals surface area contributed by atoms with Crippen molar-refractivity contribution >= 4 is 5.69 Å². The van der Waals surface area contributed by atoms with E-state index in [0.29, 0.717) is 0 Å². The quantitative estimate of drug-likeness (QED) is 0.353. The number of benzene rings is 1. The molecule has 0 radical (unpaired) electrons. The third-order valence-electron chi connectivity index (χ3n) is 1.48.